The summed E-state index contributed by atoms with van der Waals surface area (Å²) in [5, 5.41) is 3.40. The zero-order valence-corrected chi connectivity index (χ0v) is 10.6. The molecule has 1 spiro atoms. The number of piperazine rings is 1. The minimum atomic E-state index is 0.0871. The van der Waals surface area contributed by atoms with Gasteiger partial charge in [-0.1, -0.05) is 0 Å². The number of rotatable bonds is 1. The number of amides is 1. The summed E-state index contributed by atoms with van der Waals surface area (Å²) in [5.41, 5.74) is 0.992. The minimum Gasteiger partial charge on any atom is -0.315 e. The van der Waals surface area contributed by atoms with Crippen LogP contribution in [0.4, 0.5) is 5.69 Å². The molecule has 0 aliphatic carbocycles. The predicted molar refractivity (Wildman–Crippen MR) is 69.4 cm³/mol. The highest BCUT2D eigenvalue weighted by molar-refractivity contribution is 5.95. The van der Waals surface area contributed by atoms with Crippen molar-refractivity contribution in [2.45, 2.75) is 12.0 Å². The lowest BCUT2D eigenvalue weighted by atomic mass is 9.93. The van der Waals surface area contributed by atoms with Gasteiger partial charge in [0.2, 0.25) is 5.91 Å². The van der Waals surface area contributed by atoms with Crippen LogP contribution >= 0.6 is 0 Å². The van der Waals surface area contributed by atoms with Crippen LogP contribution in [-0.4, -0.2) is 54.6 Å². The molecule has 5 nitrogen and oxygen atoms in total. The van der Waals surface area contributed by atoms with Gasteiger partial charge in [0.05, 0.1) is 24.0 Å². The van der Waals surface area contributed by atoms with Crippen LogP contribution in [0.1, 0.15) is 6.42 Å². The topological polar surface area (TPSA) is 48.5 Å². The number of hydrogen-bond acceptors (Lipinski definition) is 4. The maximum atomic E-state index is 12.2. The molecule has 2 aliphatic heterocycles. The Balaban J connectivity index is 1.89. The van der Waals surface area contributed by atoms with Crippen molar-refractivity contribution >= 4 is 11.6 Å². The molecule has 5 heteroatoms. The van der Waals surface area contributed by atoms with Crippen LogP contribution in [0.3, 0.4) is 0 Å². The van der Waals surface area contributed by atoms with Crippen LogP contribution in [0.5, 0.6) is 0 Å². The third-order valence-electron chi connectivity index (χ3n) is 4.11. The molecule has 3 rings (SSSR count). The molecular weight excluding hydrogens is 228 g/mol. The zero-order valence-electron chi connectivity index (χ0n) is 10.6. The van der Waals surface area contributed by atoms with E-state index in [-0.39, 0.29) is 11.4 Å². The highest BCUT2D eigenvalue weighted by atomic mass is 16.2. The van der Waals surface area contributed by atoms with Crippen LogP contribution < -0.4 is 10.2 Å². The monoisotopic (exact) mass is 246 g/mol. The van der Waals surface area contributed by atoms with Crippen LogP contribution in [0, 0.1) is 0 Å². The second-order valence-corrected chi connectivity index (χ2v) is 5.20. The van der Waals surface area contributed by atoms with Crippen LogP contribution in [0.15, 0.2) is 24.5 Å². The number of hydrogen-bond donors (Lipinski definition) is 1. The van der Waals surface area contributed by atoms with Gasteiger partial charge in [0, 0.05) is 19.3 Å². The van der Waals surface area contributed by atoms with E-state index < -0.39 is 0 Å². The summed E-state index contributed by atoms with van der Waals surface area (Å²) in [4.78, 5) is 20.4. The summed E-state index contributed by atoms with van der Waals surface area (Å²) < 4.78 is 0. The lowest BCUT2D eigenvalue weighted by molar-refractivity contribution is -0.123. The van der Waals surface area contributed by atoms with Gasteiger partial charge in [-0.25, -0.2) is 0 Å². The Morgan fingerprint density at radius 3 is 3.06 bits per heavy atom. The Labute approximate surface area is 107 Å². The smallest absolute Gasteiger partial charge is 0.241 e. The number of nitrogens with one attached hydrogen (secondary N) is 1. The van der Waals surface area contributed by atoms with E-state index in [0.29, 0.717) is 6.54 Å². The number of likely N-dealkylation sites (N-methyl/N-ethyl adjacent to an activating group) is 1. The molecular formula is C13H18N4O. The van der Waals surface area contributed by atoms with Gasteiger partial charge >= 0.3 is 0 Å². The summed E-state index contributed by atoms with van der Waals surface area (Å²) in [6.07, 6.45) is 4.59. The normalized spacial score (nSPS) is 29.2. The second-order valence-electron chi connectivity index (χ2n) is 5.20. The Bertz CT molecular complexity index is 442. The fourth-order valence-electron chi connectivity index (χ4n) is 2.90. The van der Waals surface area contributed by atoms with Crippen molar-refractivity contribution in [3.05, 3.63) is 24.5 Å². The van der Waals surface area contributed by atoms with E-state index >= 15 is 0 Å². The quantitative estimate of drug-likeness (QED) is 0.763. The van der Waals surface area contributed by atoms with Crippen LogP contribution in [-0.2, 0) is 4.79 Å². The van der Waals surface area contributed by atoms with Gasteiger partial charge in [0.1, 0.15) is 0 Å². The average Bonchev–Trinajstić information content (AvgIpc) is 2.85. The predicted octanol–water partition coefficient (Wildman–Crippen LogP) is 0.0921. The largest absolute Gasteiger partial charge is 0.315 e. The van der Waals surface area contributed by atoms with Crippen molar-refractivity contribution in [3.63, 3.8) is 0 Å². The zero-order chi connectivity index (χ0) is 12.6. The van der Waals surface area contributed by atoms with Crippen molar-refractivity contribution < 1.29 is 4.79 Å². The molecule has 1 aromatic heterocycles. The number of carbonyl (C=O) groups excluding carboxylic acids is 1. The molecule has 0 radical (unpaired) electrons. The molecule has 1 amide bonds. The first-order valence-electron chi connectivity index (χ1n) is 6.34. The van der Waals surface area contributed by atoms with Gasteiger partial charge in [0.25, 0.3) is 0 Å². The van der Waals surface area contributed by atoms with Crippen molar-refractivity contribution in [1.82, 2.24) is 15.2 Å². The van der Waals surface area contributed by atoms with Crippen molar-refractivity contribution in [2.75, 3.05) is 38.1 Å². The highest BCUT2D eigenvalue weighted by Gasteiger charge is 2.45. The molecule has 1 N–H and O–H groups in total. The number of nitrogens with zero attached hydrogens (tertiary/aromatic N) is 3. The third kappa shape index (κ3) is 1.79. The van der Waals surface area contributed by atoms with E-state index in [4.69, 9.17) is 0 Å². The minimum absolute atomic E-state index is 0.0871. The van der Waals surface area contributed by atoms with E-state index in [2.05, 4.69) is 15.2 Å². The number of anilines is 1. The summed E-state index contributed by atoms with van der Waals surface area (Å²) >= 11 is 0. The first kappa shape index (κ1) is 11.6. The lowest BCUT2D eigenvalue weighted by Crippen LogP contribution is -2.64. The summed E-state index contributed by atoms with van der Waals surface area (Å²) in [7, 11) is 2.05. The van der Waals surface area contributed by atoms with E-state index in [1.807, 2.05) is 24.1 Å². The molecule has 0 unspecified atom stereocenters. The number of carbonyl (C=O) groups is 1. The molecule has 3 heterocycles. The molecule has 0 bridgehead atoms. The fourth-order valence-corrected chi connectivity index (χ4v) is 2.90. The fraction of sp³-hybridized carbons (Fsp3) is 0.538. The van der Waals surface area contributed by atoms with Crippen molar-refractivity contribution in [3.8, 4) is 0 Å². The average molecular weight is 246 g/mol. The third-order valence-corrected chi connectivity index (χ3v) is 4.11. The van der Waals surface area contributed by atoms with Gasteiger partial charge in [-0.3, -0.25) is 14.7 Å². The Morgan fingerprint density at radius 2 is 2.39 bits per heavy atom. The Hall–Kier alpha value is -1.46. The van der Waals surface area contributed by atoms with E-state index in [9.17, 15) is 4.79 Å². The van der Waals surface area contributed by atoms with Gasteiger partial charge in [-0.15, -0.1) is 0 Å². The molecule has 1 atom stereocenters. The second kappa shape index (κ2) is 4.33. The van der Waals surface area contributed by atoms with Gasteiger partial charge in [-0.05, 0) is 32.1 Å². The van der Waals surface area contributed by atoms with Crippen LogP contribution in [0.25, 0.3) is 0 Å². The number of pyridine rings is 1. The first-order valence-corrected chi connectivity index (χ1v) is 6.34. The maximum absolute atomic E-state index is 12.2. The molecule has 18 heavy (non-hydrogen) atoms. The standard InChI is InChI=1S/C13H18N4O/c1-16-8-12(18)17(11-3-2-5-14-7-11)10-13(16)4-6-15-9-13/h2-3,5,7,15H,4,6,8-10H2,1H3/t13-/m1/s1. The maximum Gasteiger partial charge on any atom is 0.241 e. The Kier molecular flexibility index (Phi) is 2.80. The molecule has 96 valence electrons. The van der Waals surface area contributed by atoms with Gasteiger partial charge < -0.3 is 10.2 Å². The Morgan fingerprint density at radius 1 is 1.50 bits per heavy atom. The van der Waals surface area contributed by atoms with Gasteiger partial charge in [-0.2, -0.15) is 0 Å². The molecule has 0 saturated carbocycles. The SMILES string of the molecule is CN1CC(=O)N(c2cccnc2)C[C@]12CCNC2. The van der Waals surface area contributed by atoms with E-state index in [0.717, 1.165) is 31.7 Å². The molecule has 2 aliphatic rings. The van der Waals surface area contributed by atoms with E-state index in [1.165, 1.54) is 0 Å². The molecule has 1 aromatic rings. The molecule has 2 fully saturated rings. The first-order chi connectivity index (χ1) is 8.71. The molecule has 0 aromatic carbocycles. The van der Waals surface area contributed by atoms with E-state index in [1.54, 1.807) is 12.4 Å². The van der Waals surface area contributed by atoms with Gasteiger partial charge in [0.15, 0.2) is 0 Å². The summed E-state index contributed by atoms with van der Waals surface area (Å²) in [5.74, 6) is 0.156. The summed E-state index contributed by atoms with van der Waals surface area (Å²) in [6.45, 7) is 3.21. The lowest BCUT2D eigenvalue weighted by Gasteiger charge is -2.46. The number of aromatic nitrogens is 1. The van der Waals surface area contributed by atoms with Crippen molar-refractivity contribution in [1.29, 1.82) is 0 Å². The van der Waals surface area contributed by atoms with Crippen molar-refractivity contribution in [2.24, 2.45) is 0 Å². The highest BCUT2D eigenvalue weighted by Crippen LogP contribution is 2.29. The molecule has 2 saturated heterocycles. The van der Waals surface area contributed by atoms with Crippen LogP contribution in [0.2, 0.25) is 0 Å². The summed E-state index contributed by atoms with van der Waals surface area (Å²) in [6, 6.07) is 3.83.